The van der Waals surface area contributed by atoms with Gasteiger partial charge in [0, 0.05) is 22.8 Å². The molecule has 0 saturated heterocycles. The molecule has 0 saturated carbocycles. The zero-order valence-electron chi connectivity index (χ0n) is 11.7. The van der Waals surface area contributed by atoms with Crippen LogP contribution in [0.15, 0.2) is 48.5 Å². The van der Waals surface area contributed by atoms with E-state index in [-0.39, 0.29) is 5.69 Å². The number of nitrogens with zero attached hydrogens (tertiary/aromatic N) is 1. The van der Waals surface area contributed by atoms with Crippen LogP contribution in [0.4, 0.5) is 14.5 Å². The van der Waals surface area contributed by atoms with Gasteiger partial charge in [-0.1, -0.05) is 18.2 Å². The molecule has 0 fully saturated rings. The zero-order valence-corrected chi connectivity index (χ0v) is 11.7. The minimum Gasteiger partial charge on any atom is -0.322 e. The maximum absolute atomic E-state index is 13.2. The molecule has 2 aromatic carbocycles. The standard InChI is InChI=1S/C17H12F2N2O/c1-10-6-15(14-4-2-3-5-16(14)20-10)17(22)21-13-8-11(18)7-12(19)9-13/h2-9H,1H3,(H,21,22). The molecule has 0 spiro atoms. The Bertz CT molecular complexity index is 857. The van der Waals surface area contributed by atoms with Crippen molar-refractivity contribution in [2.24, 2.45) is 0 Å². The third kappa shape index (κ3) is 2.79. The van der Waals surface area contributed by atoms with Crippen molar-refractivity contribution in [1.29, 1.82) is 0 Å². The number of aryl methyl sites for hydroxylation is 1. The summed E-state index contributed by atoms with van der Waals surface area (Å²) in [5.41, 5.74) is 1.86. The van der Waals surface area contributed by atoms with E-state index in [2.05, 4.69) is 10.3 Å². The van der Waals surface area contributed by atoms with E-state index < -0.39 is 17.5 Å². The van der Waals surface area contributed by atoms with Gasteiger partial charge in [-0.05, 0) is 31.2 Å². The number of nitrogens with one attached hydrogen (secondary N) is 1. The van der Waals surface area contributed by atoms with Gasteiger partial charge in [0.2, 0.25) is 0 Å². The Morgan fingerprint density at radius 2 is 1.73 bits per heavy atom. The maximum atomic E-state index is 13.2. The Labute approximate surface area is 125 Å². The molecule has 0 unspecified atom stereocenters. The van der Waals surface area contributed by atoms with Gasteiger partial charge < -0.3 is 5.32 Å². The number of hydrogen-bond acceptors (Lipinski definition) is 2. The second kappa shape index (κ2) is 5.52. The Morgan fingerprint density at radius 1 is 1.05 bits per heavy atom. The first-order valence-corrected chi connectivity index (χ1v) is 6.67. The number of fused-ring (bicyclic) bond motifs is 1. The molecule has 1 heterocycles. The minimum atomic E-state index is -0.744. The van der Waals surface area contributed by atoms with E-state index in [1.165, 1.54) is 0 Å². The van der Waals surface area contributed by atoms with E-state index in [0.717, 1.165) is 18.2 Å². The van der Waals surface area contributed by atoms with Gasteiger partial charge >= 0.3 is 0 Å². The SMILES string of the molecule is Cc1cc(C(=O)Nc2cc(F)cc(F)c2)c2ccccc2n1. The lowest BCUT2D eigenvalue weighted by atomic mass is 10.1. The van der Waals surface area contributed by atoms with Crippen LogP contribution in [-0.4, -0.2) is 10.9 Å². The molecule has 1 amide bonds. The fourth-order valence-corrected chi connectivity index (χ4v) is 2.32. The summed E-state index contributed by atoms with van der Waals surface area (Å²) in [7, 11) is 0. The normalized spacial score (nSPS) is 10.7. The van der Waals surface area contributed by atoms with Gasteiger partial charge in [-0.3, -0.25) is 9.78 Å². The van der Waals surface area contributed by atoms with Crippen LogP contribution in [0.3, 0.4) is 0 Å². The number of hydrogen-bond donors (Lipinski definition) is 1. The summed E-state index contributed by atoms with van der Waals surface area (Å²) in [6, 6.07) is 11.8. The summed E-state index contributed by atoms with van der Waals surface area (Å²) in [5, 5.41) is 3.20. The molecular formula is C17H12F2N2O. The average Bonchev–Trinajstić information content (AvgIpc) is 2.45. The first-order chi connectivity index (χ1) is 10.5. The summed E-state index contributed by atoms with van der Waals surface area (Å²) in [5.74, 6) is -1.93. The monoisotopic (exact) mass is 298 g/mol. The van der Waals surface area contributed by atoms with Gasteiger partial charge in [-0.25, -0.2) is 8.78 Å². The van der Waals surface area contributed by atoms with Crippen LogP contribution in [0, 0.1) is 18.6 Å². The lowest BCUT2D eigenvalue weighted by Crippen LogP contribution is -2.13. The molecule has 0 aliphatic rings. The topological polar surface area (TPSA) is 42.0 Å². The van der Waals surface area contributed by atoms with Gasteiger partial charge in [-0.2, -0.15) is 0 Å². The van der Waals surface area contributed by atoms with Gasteiger partial charge in [0.1, 0.15) is 11.6 Å². The Morgan fingerprint density at radius 3 is 2.45 bits per heavy atom. The van der Waals surface area contributed by atoms with E-state index in [4.69, 9.17) is 0 Å². The smallest absolute Gasteiger partial charge is 0.256 e. The molecule has 0 aliphatic carbocycles. The van der Waals surface area contributed by atoms with Gasteiger partial charge in [-0.15, -0.1) is 0 Å². The number of carbonyl (C=O) groups excluding carboxylic acids is 1. The Balaban J connectivity index is 2.02. The lowest BCUT2D eigenvalue weighted by Gasteiger charge is -2.09. The summed E-state index contributed by atoms with van der Waals surface area (Å²) in [6.45, 7) is 1.78. The molecule has 5 heteroatoms. The van der Waals surface area contributed by atoms with E-state index in [1.54, 1.807) is 31.2 Å². The Kier molecular flexibility index (Phi) is 3.55. The predicted molar refractivity (Wildman–Crippen MR) is 80.8 cm³/mol. The molecule has 1 N–H and O–H groups in total. The molecule has 0 bridgehead atoms. The molecule has 3 aromatic rings. The van der Waals surface area contributed by atoms with Crippen molar-refractivity contribution in [2.75, 3.05) is 5.32 Å². The number of halogens is 2. The van der Waals surface area contributed by atoms with Gasteiger partial charge in [0.15, 0.2) is 0 Å². The van der Waals surface area contributed by atoms with Gasteiger partial charge in [0.05, 0.1) is 11.1 Å². The number of para-hydroxylation sites is 1. The second-order valence-electron chi connectivity index (χ2n) is 4.94. The van der Waals surface area contributed by atoms with Crippen molar-refractivity contribution >= 4 is 22.5 Å². The van der Waals surface area contributed by atoms with E-state index in [9.17, 15) is 13.6 Å². The summed E-state index contributed by atoms with van der Waals surface area (Å²) < 4.78 is 26.4. The number of carbonyl (C=O) groups is 1. The quantitative estimate of drug-likeness (QED) is 0.774. The molecule has 1 aromatic heterocycles. The lowest BCUT2D eigenvalue weighted by molar-refractivity contribution is 0.102. The highest BCUT2D eigenvalue weighted by Crippen LogP contribution is 2.20. The van der Waals surface area contributed by atoms with E-state index in [1.807, 2.05) is 6.07 Å². The molecule has 3 rings (SSSR count). The number of amides is 1. The molecule has 3 nitrogen and oxygen atoms in total. The van der Waals surface area contributed by atoms with Crippen molar-refractivity contribution in [1.82, 2.24) is 4.98 Å². The molecule has 22 heavy (non-hydrogen) atoms. The molecular weight excluding hydrogens is 286 g/mol. The summed E-state index contributed by atoms with van der Waals surface area (Å²) in [4.78, 5) is 16.8. The van der Waals surface area contributed by atoms with E-state index in [0.29, 0.717) is 22.2 Å². The second-order valence-corrected chi connectivity index (χ2v) is 4.94. The number of benzene rings is 2. The number of aromatic nitrogens is 1. The van der Waals surface area contributed by atoms with Crippen molar-refractivity contribution in [3.63, 3.8) is 0 Å². The number of rotatable bonds is 2. The summed E-state index contributed by atoms with van der Waals surface area (Å²) in [6.07, 6.45) is 0. The molecule has 110 valence electrons. The zero-order chi connectivity index (χ0) is 15.7. The largest absolute Gasteiger partial charge is 0.322 e. The van der Waals surface area contributed by atoms with Crippen LogP contribution >= 0.6 is 0 Å². The Hall–Kier alpha value is -2.82. The third-order valence-corrected chi connectivity index (χ3v) is 3.21. The van der Waals surface area contributed by atoms with Crippen molar-refractivity contribution in [3.8, 4) is 0 Å². The van der Waals surface area contributed by atoms with Gasteiger partial charge in [0.25, 0.3) is 5.91 Å². The minimum absolute atomic E-state index is 0.0704. The molecule has 0 aliphatic heterocycles. The van der Waals surface area contributed by atoms with Crippen LogP contribution in [0.5, 0.6) is 0 Å². The van der Waals surface area contributed by atoms with Crippen molar-refractivity contribution in [2.45, 2.75) is 6.92 Å². The van der Waals surface area contributed by atoms with Crippen molar-refractivity contribution < 1.29 is 13.6 Å². The molecule has 0 radical (unpaired) electrons. The van der Waals surface area contributed by atoms with Crippen LogP contribution in [0.2, 0.25) is 0 Å². The van der Waals surface area contributed by atoms with Crippen molar-refractivity contribution in [3.05, 3.63) is 71.4 Å². The highest BCUT2D eigenvalue weighted by atomic mass is 19.1. The van der Waals surface area contributed by atoms with E-state index >= 15 is 0 Å². The highest BCUT2D eigenvalue weighted by molar-refractivity contribution is 6.12. The average molecular weight is 298 g/mol. The van der Waals surface area contributed by atoms with Crippen LogP contribution in [0.25, 0.3) is 10.9 Å². The fraction of sp³-hybridized carbons (Fsp3) is 0.0588. The van der Waals surface area contributed by atoms with Crippen LogP contribution < -0.4 is 5.32 Å². The number of anilines is 1. The van der Waals surface area contributed by atoms with Crippen LogP contribution in [0.1, 0.15) is 16.1 Å². The highest BCUT2D eigenvalue weighted by Gasteiger charge is 2.13. The van der Waals surface area contributed by atoms with Crippen LogP contribution in [-0.2, 0) is 0 Å². The molecule has 0 atom stereocenters. The number of pyridine rings is 1. The maximum Gasteiger partial charge on any atom is 0.256 e. The first-order valence-electron chi connectivity index (χ1n) is 6.67. The third-order valence-electron chi connectivity index (χ3n) is 3.21. The predicted octanol–water partition coefficient (Wildman–Crippen LogP) is 4.07. The summed E-state index contributed by atoms with van der Waals surface area (Å²) >= 11 is 0. The first kappa shape index (κ1) is 14.1. The fourth-order valence-electron chi connectivity index (χ4n) is 2.32.